The summed E-state index contributed by atoms with van der Waals surface area (Å²) in [4.78, 5) is 24.7. The number of hydrogen-bond donors (Lipinski definition) is 0. The third-order valence-electron chi connectivity index (χ3n) is 4.21. The SMILES string of the molecule is COc1ccccc1C(=O)COC(=O)C1(c2ccccc2)CC1. The van der Waals surface area contributed by atoms with E-state index in [1.54, 1.807) is 24.3 Å². The van der Waals surface area contributed by atoms with Crippen LogP contribution >= 0.6 is 0 Å². The van der Waals surface area contributed by atoms with Crippen LogP contribution in [0.4, 0.5) is 0 Å². The lowest BCUT2D eigenvalue weighted by atomic mass is 9.96. The summed E-state index contributed by atoms with van der Waals surface area (Å²) in [6.45, 7) is -0.270. The molecule has 4 nitrogen and oxygen atoms in total. The molecule has 1 saturated carbocycles. The molecule has 2 aromatic rings. The molecule has 0 aromatic heterocycles. The molecule has 0 saturated heterocycles. The Morgan fingerprint density at radius 2 is 1.65 bits per heavy atom. The first kappa shape index (κ1) is 15.3. The molecule has 1 aliphatic carbocycles. The van der Waals surface area contributed by atoms with Crippen LogP contribution in [0, 0.1) is 0 Å². The molecule has 1 fully saturated rings. The molecule has 118 valence electrons. The highest BCUT2D eigenvalue weighted by Gasteiger charge is 2.52. The second kappa shape index (κ2) is 6.24. The number of ether oxygens (including phenoxy) is 2. The highest BCUT2D eigenvalue weighted by atomic mass is 16.5. The summed E-state index contributed by atoms with van der Waals surface area (Å²) in [7, 11) is 1.51. The number of rotatable bonds is 6. The lowest BCUT2D eigenvalue weighted by Gasteiger charge is -2.15. The van der Waals surface area contributed by atoms with Crippen molar-refractivity contribution < 1.29 is 19.1 Å². The summed E-state index contributed by atoms with van der Waals surface area (Å²) in [5, 5.41) is 0. The third kappa shape index (κ3) is 2.97. The van der Waals surface area contributed by atoms with E-state index in [0.717, 1.165) is 18.4 Å². The number of Topliss-reactive ketones (excluding diaryl/α,β-unsaturated/α-hetero) is 1. The zero-order chi connectivity index (χ0) is 16.3. The minimum Gasteiger partial charge on any atom is -0.496 e. The van der Waals surface area contributed by atoms with E-state index in [-0.39, 0.29) is 18.4 Å². The molecule has 0 amide bonds. The first-order valence-corrected chi connectivity index (χ1v) is 7.56. The van der Waals surface area contributed by atoms with Gasteiger partial charge in [-0.05, 0) is 30.5 Å². The molecule has 2 aromatic carbocycles. The fourth-order valence-electron chi connectivity index (χ4n) is 2.71. The number of esters is 1. The number of ketones is 1. The Morgan fingerprint density at radius 1 is 1.00 bits per heavy atom. The molecular formula is C19H18O4. The normalized spacial score (nSPS) is 14.8. The zero-order valence-electron chi connectivity index (χ0n) is 13.0. The number of hydrogen-bond acceptors (Lipinski definition) is 4. The Bertz CT molecular complexity index is 717. The van der Waals surface area contributed by atoms with Gasteiger partial charge in [0.15, 0.2) is 6.61 Å². The van der Waals surface area contributed by atoms with Crippen molar-refractivity contribution in [2.24, 2.45) is 0 Å². The molecular weight excluding hydrogens is 292 g/mol. The molecule has 4 heteroatoms. The predicted molar refractivity (Wildman–Crippen MR) is 85.6 cm³/mol. The highest BCUT2D eigenvalue weighted by Crippen LogP contribution is 2.49. The van der Waals surface area contributed by atoms with E-state index in [2.05, 4.69) is 0 Å². The fraction of sp³-hybridized carbons (Fsp3) is 0.263. The Kier molecular flexibility index (Phi) is 4.15. The van der Waals surface area contributed by atoms with Gasteiger partial charge < -0.3 is 9.47 Å². The molecule has 1 aliphatic rings. The quantitative estimate of drug-likeness (QED) is 0.607. The standard InChI is InChI=1S/C19H18O4/c1-22-17-10-6-5-9-15(17)16(20)13-23-18(21)19(11-12-19)14-7-3-2-4-8-14/h2-10H,11-13H2,1H3. The minimum atomic E-state index is -0.567. The van der Waals surface area contributed by atoms with Crippen LogP contribution in [0.15, 0.2) is 54.6 Å². The van der Waals surface area contributed by atoms with Crippen LogP contribution in [0.1, 0.15) is 28.8 Å². The average molecular weight is 310 g/mol. The minimum absolute atomic E-state index is 0.264. The van der Waals surface area contributed by atoms with Gasteiger partial charge in [-0.15, -0.1) is 0 Å². The third-order valence-corrected chi connectivity index (χ3v) is 4.21. The van der Waals surface area contributed by atoms with Crippen LogP contribution in [-0.2, 0) is 14.9 Å². The van der Waals surface area contributed by atoms with E-state index in [0.29, 0.717) is 11.3 Å². The molecule has 0 unspecified atom stereocenters. The van der Waals surface area contributed by atoms with Crippen molar-refractivity contribution >= 4 is 11.8 Å². The van der Waals surface area contributed by atoms with Crippen LogP contribution in [0.2, 0.25) is 0 Å². The summed E-state index contributed by atoms with van der Waals surface area (Å²) < 4.78 is 10.5. The molecule has 0 N–H and O–H groups in total. The number of methoxy groups -OCH3 is 1. The van der Waals surface area contributed by atoms with E-state index in [1.807, 2.05) is 30.3 Å². The van der Waals surface area contributed by atoms with Gasteiger partial charge in [0.25, 0.3) is 0 Å². The van der Waals surface area contributed by atoms with Crippen LogP contribution in [0.25, 0.3) is 0 Å². The van der Waals surface area contributed by atoms with Crippen molar-refractivity contribution in [1.82, 2.24) is 0 Å². The van der Waals surface area contributed by atoms with Gasteiger partial charge in [-0.3, -0.25) is 9.59 Å². The van der Waals surface area contributed by atoms with Gasteiger partial charge in [0, 0.05) is 0 Å². The van der Waals surface area contributed by atoms with Crippen LogP contribution in [0.3, 0.4) is 0 Å². The molecule has 23 heavy (non-hydrogen) atoms. The average Bonchev–Trinajstić information content (AvgIpc) is 3.42. The van der Waals surface area contributed by atoms with Gasteiger partial charge in [0.05, 0.1) is 18.1 Å². The number of carbonyl (C=O) groups excluding carboxylic acids is 2. The van der Waals surface area contributed by atoms with Crippen molar-refractivity contribution in [1.29, 1.82) is 0 Å². The van der Waals surface area contributed by atoms with Crippen molar-refractivity contribution in [2.45, 2.75) is 18.3 Å². The van der Waals surface area contributed by atoms with E-state index in [1.165, 1.54) is 7.11 Å². The number of para-hydroxylation sites is 1. The molecule has 0 heterocycles. The summed E-state index contributed by atoms with van der Waals surface area (Å²) in [5.74, 6) is -0.107. The lowest BCUT2D eigenvalue weighted by molar-refractivity contribution is -0.145. The van der Waals surface area contributed by atoms with Crippen LogP contribution < -0.4 is 4.74 Å². The van der Waals surface area contributed by atoms with Crippen LogP contribution in [-0.4, -0.2) is 25.5 Å². The van der Waals surface area contributed by atoms with Crippen molar-refractivity contribution in [3.8, 4) is 5.75 Å². The van der Waals surface area contributed by atoms with Crippen LogP contribution in [0.5, 0.6) is 5.75 Å². The van der Waals surface area contributed by atoms with E-state index in [4.69, 9.17) is 9.47 Å². The van der Waals surface area contributed by atoms with Crippen molar-refractivity contribution in [3.05, 3.63) is 65.7 Å². The van der Waals surface area contributed by atoms with Crippen molar-refractivity contribution in [2.75, 3.05) is 13.7 Å². The second-order valence-corrected chi connectivity index (χ2v) is 5.65. The Morgan fingerprint density at radius 3 is 2.30 bits per heavy atom. The molecule has 0 bridgehead atoms. The predicted octanol–water partition coefficient (Wildman–Crippen LogP) is 3.15. The lowest BCUT2D eigenvalue weighted by Crippen LogP contribution is -2.26. The fourth-order valence-corrected chi connectivity index (χ4v) is 2.71. The monoisotopic (exact) mass is 310 g/mol. The first-order chi connectivity index (χ1) is 11.2. The van der Waals surface area contributed by atoms with Gasteiger partial charge in [-0.2, -0.15) is 0 Å². The van der Waals surface area contributed by atoms with Gasteiger partial charge in [-0.25, -0.2) is 0 Å². The summed E-state index contributed by atoms with van der Waals surface area (Å²) in [6.07, 6.45) is 1.53. The zero-order valence-corrected chi connectivity index (χ0v) is 13.0. The second-order valence-electron chi connectivity index (χ2n) is 5.65. The number of carbonyl (C=O) groups is 2. The topological polar surface area (TPSA) is 52.6 Å². The Labute approximate surface area is 135 Å². The maximum atomic E-state index is 12.4. The van der Waals surface area contributed by atoms with Gasteiger partial charge in [0.2, 0.25) is 5.78 Å². The molecule has 0 atom stereocenters. The van der Waals surface area contributed by atoms with Gasteiger partial charge in [-0.1, -0.05) is 42.5 Å². The maximum absolute atomic E-state index is 12.4. The van der Waals surface area contributed by atoms with Gasteiger partial charge in [0.1, 0.15) is 5.75 Å². The largest absolute Gasteiger partial charge is 0.496 e. The molecule has 3 rings (SSSR count). The summed E-state index contributed by atoms with van der Waals surface area (Å²) >= 11 is 0. The Balaban J connectivity index is 1.67. The number of benzene rings is 2. The summed E-state index contributed by atoms with van der Waals surface area (Å²) in [5.41, 5.74) is 0.810. The van der Waals surface area contributed by atoms with E-state index in [9.17, 15) is 9.59 Å². The molecule has 0 radical (unpaired) electrons. The molecule has 0 aliphatic heterocycles. The smallest absolute Gasteiger partial charge is 0.317 e. The highest BCUT2D eigenvalue weighted by molar-refractivity contribution is 6.01. The Hall–Kier alpha value is -2.62. The van der Waals surface area contributed by atoms with Crippen molar-refractivity contribution in [3.63, 3.8) is 0 Å². The van der Waals surface area contributed by atoms with E-state index < -0.39 is 5.41 Å². The first-order valence-electron chi connectivity index (χ1n) is 7.56. The van der Waals surface area contributed by atoms with E-state index >= 15 is 0 Å². The maximum Gasteiger partial charge on any atom is 0.317 e. The molecule has 0 spiro atoms. The summed E-state index contributed by atoms with van der Waals surface area (Å²) in [6, 6.07) is 16.5. The van der Waals surface area contributed by atoms with Gasteiger partial charge >= 0.3 is 5.97 Å².